The number of rotatable bonds is 2. The number of hydrogen-bond donors (Lipinski definition) is 0. The molecule has 1 nitrogen and oxygen atoms in total. The zero-order chi connectivity index (χ0) is 11.1. The third kappa shape index (κ3) is 2.23. The van der Waals surface area contributed by atoms with E-state index in [4.69, 9.17) is 4.74 Å². The Kier molecular flexibility index (Phi) is 2.34. The van der Waals surface area contributed by atoms with Crippen molar-refractivity contribution < 1.29 is 4.74 Å². The molecule has 0 radical (unpaired) electrons. The molecule has 0 bridgehead atoms. The van der Waals surface area contributed by atoms with Crippen LogP contribution in [0.15, 0.2) is 30.4 Å². The molecule has 0 fully saturated rings. The van der Waals surface area contributed by atoms with Gasteiger partial charge in [0.25, 0.3) is 0 Å². The second-order valence-electron chi connectivity index (χ2n) is 5.11. The minimum absolute atomic E-state index is 0.0375. The standard InChI is InChI=1S/C14H18O/c1-10(2)7-11-5-6-13-12(8-11)9-14(3,4)15-13/h5-6,8H,1,7,9H2,2-4H3. The van der Waals surface area contributed by atoms with Crippen molar-refractivity contribution in [1.29, 1.82) is 0 Å². The SMILES string of the molecule is C=C(C)Cc1ccc2c(c1)CC(C)(C)O2. The Hall–Kier alpha value is -1.24. The Bertz CT molecular complexity index is 402. The summed E-state index contributed by atoms with van der Waals surface area (Å²) < 4.78 is 5.83. The van der Waals surface area contributed by atoms with Crippen LogP contribution in [0.5, 0.6) is 5.75 Å². The maximum absolute atomic E-state index is 5.83. The van der Waals surface area contributed by atoms with E-state index in [0.717, 1.165) is 18.6 Å². The first-order valence-corrected chi connectivity index (χ1v) is 5.41. The van der Waals surface area contributed by atoms with Gasteiger partial charge < -0.3 is 4.74 Å². The van der Waals surface area contributed by atoms with Crippen LogP contribution in [-0.2, 0) is 12.8 Å². The van der Waals surface area contributed by atoms with Crippen LogP contribution in [0.3, 0.4) is 0 Å². The minimum Gasteiger partial charge on any atom is -0.487 e. The van der Waals surface area contributed by atoms with Gasteiger partial charge in [0.05, 0.1) is 0 Å². The molecular weight excluding hydrogens is 184 g/mol. The molecule has 0 N–H and O–H groups in total. The van der Waals surface area contributed by atoms with E-state index < -0.39 is 0 Å². The van der Waals surface area contributed by atoms with Gasteiger partial charge in [0.1, 0.15) is 11.4 Å². The third-order valence-electron chi connectivity index (χ3n) is 2.63. The van der Waals surface area contributed by atoms with E-state index in [2.05, 4.69) is 45.5 Å². The molecular formula is C14H18O. The third-order valence-corrected chi connectivity index (χ3v) is 2.63. The Labute approximate surface area is 91.8 Å². The molecule has 0 aromatic heterocycles. The molecule has 1 heterocycles. The molecule has 1 aromatic carbocycles. The highest BCUT2D eigenvalue weighted by atomic mass is 16.5. The van der Waals surface area contributed by atoms with E-state index in [1.807, 2.05) is 0 Å². The summed E-state index contributed by atoms with van der Waals surface area (Å²) in [5.41, 5.74) is 3.83. The summed E-state index contributed by atoms with van der Waals surface area (Å²) in [6, 6.07) is 6.47. The quantitative estimate of drug-likeness (QED) is 0.667. The van der Waals surface area contributed by atoms with Gasteiger partial charge in [-0.05, 0) is 44.4 Å². The summed E-state index contributed by atoms with van der Waals surface area (Å²) >= 11 is 0. The molecule has 0 saturated carbocycles. The Morgan fingerprint density at radius 1 is 1.47 bits per heavy atom. The van der Waals surface area contributed by atoms with Crippen molar-refractivity contribution in [2.75, 3.05) is 0 Å². The highest BCUT2D eigenvalue weighted by Gasteiger charge is 2.29. The van der Waals surface area contributed by atoms with Crippen molar-refractivity contribution in [1.82, 2.24) is 0 Å². The van der Waals surface area contributed by atoms with Gasteiger partial charge in [0.2, 0.25) is 0 Å². The fourth-order valence-corrected chi connectivity index (χ4v) is 2.12. The summed E-state index contributed by atoms with van der Waals surface area (Å²) in [5, 5.41) is 0. The van der Waals surface area contributed by atoms with Crippen LogP contribution in [0.4, 0.5) is 0 Å². The van der Waals surface area contributed by atoms with E-state index in [-0.39, 0.29) is 5.60 Å². The Balaban J connectivity index is 2.26. The molecule has 0 amide bonds. The lowest BCUT2D eigenvalue weighted by atomic mass is 9.98. The molecule has 1 aromatic rings. The van der Waals surface area contributed by atoms with Crippen molar-refractivity contribution >= 4 is 0 Å². The summed E-state index contributed by atoms with van der Waals surface area (Å²) in [7, 11) is 0. The van der Waals surface area contributed by atoms with Crippen LogP contribution in [0.1, 0.15) is 31.9 Å². The molecule has 15 heavy (non-hydrogen) atoms. The Morgan fingerprint density at radius 2 is 2.20 bits per heavy atom. The van der Waals surface area contributed by atoms with Crippen LogP contribution in [0, 0.1) is 0 Å². The van der Waals surface area contributed by atoms with Crippen LogP contribution in [0.2, 0.25) is 0 Å². The van der Waals surface area contributed by atoms with Crippen molar-refractivity contribution in [3.8, 4) is 5.75 Å². The normalized spacial score (nSPS) is 17.0. The van der Waals surface area contributed by atoms with Gasteiger partial charge in [-0.1, -0.05) is 24.3 Å². The van der Waals surface area contributed by atoms with Gasteiger partial charge in [-0.3, -0.25) is 0 Å². The first-order chi connectivity index (χ1) is 6.96. The van der Waals surface area contributed by atoms with Gasteiger partial charge in [0, 0.05) is 6.42 Å². The van der Waals surface area contributed by atoms with Crippen molar-refractivity contribution in [3.63, 3.8) is 0 Å². The summed E-state index contributed by atoms with van der Waals surface area (Å²) in [6.07, 6.45) is 1.97. The first kappa shape index (κ1) is 10.3. The minimum atomic E-state index is -0.0375. The van der Waals surface area contributed by atoms with Gasteiger partial charge in [0.15, 0.2) is 0 Å². The lowest BCUT2D eigenvalue weighted by Crippen LogP contribution is -2.24. The fraction of sp³-hybridized carbons (Fsp3) is 0.429. The van der Waals surface area contributed by atoms with E-state index >= 15 is 0 Å². The predicted octanol–water partition coefficient (Wildman–Crippen LogP) is 3.52. The van der Waals surface area contributed by atoms with E-state index in [9.17, 15) is 0 Å². The Morgan fingerprint density at radius 3 is 2.87 bits per heavy atom. The smallest absolute Gasteiger partial charge is 0.123 e. The zero-order valence-corrected chi connectivity index (χ0v) is 9.76. The average molecular weight is 202 g/mol. The maximum Gasteiger partial charge on any atom is 0.123 e. The highest BCUT2D eigenvalue weighted by molar-refractivity contribution is 5.42. The molecule has 2 rings (SSSR count). The molecule has 0 spiro atoms. The monoisotopic (exact) mass is 202 g/mol. The van der Waals surface area contributed by atoms with E-state index in [1.165, 1.54) is 16.7 Å². The molecule has 0 saturated heterocycles. The lowest BCUT2D eigenvalue weighted by molar-refractivity contribution is 0.138. The highest BCUT2D eigenvalue weighted by Crippen LogP contribution is 2.35. The van der Waals surface area contributed by atoms with Crippen LogP contribution in [0.25, 0.3) is 0 Å². The summed E-state index contributed by atoms with van der Waals surface area (Å²) in [5.74, 6) is 1.05. The average Bonchev–Trinajstić information content (AvgIpc) is 2.36. The second-order valence-corrected chi connectivity index (χ2v) is 5.11. The predicted molar refractivity (Wildman–Crippen MR) is 63.4 cm³/mol. The first-order valence-electron chi connectivity index (χ1n) is 5.41. The molecule has 0 atom stereocenters. The molecule has 1 heteroatoms. The summed E-state index contributed by atoms with van der Waals surface area (Å²) in [6.45, 7) is 10.3. The zero-order valence-electron chi connectivity index (χ0n) is 9.76. The van der Waals surface area contributed by atoms with Crippen LogP contribution >= 0.6 is 0 Å². The van der Waals surface area contributed by atoms with E-state index in [0.29, 0.717) is 0 Å². The molecule has 1 aliphatic rings. The largest absolute Gasteiger partial charge is 0.487 e. The van der Waals surface area contributed by atoms with Gasteiger partial charge >= 0.3 is 0 Å². The lowest BCUT2D eigenvalue weighted by Gasteiger charge is -2.16. The number of hydrogen-bond acceptors (Lipinski definition) is 1. The van der Waals surface area contributed by atoms with Crippen molar-refractivity contribution in [3.05, 3.63) is 41.5 Å². The van der Waals surface area contributed by atoms with Gasteiger partial charge in [-0.25, -0.2) is 0 Å². The molecule has 0 unspecified atom stereocenters. The number of fused-ring (bicyclic) bond motifs is 1. The topological polar surface area (TPSA) is 9.23 Å². The van der Waals surface area contributed by atoms with Crippen molar-refractivity contribution in [2.45, 2.75) is 39.2 Å². The summed E-state index contributed by atoms with van der Waals surface area (Å²) in [4.78, 5) is 0. The second kappa shape index (κ2) is 3.41. The number of benzene rings is 1. The number of ether oxygens (including phenoxy) is 1. The number of allylic oxidation sites excluding steroid dienone is 1. The molecule has 80 valence electrons. The van der Waals surface area contributed by atoms with E-state index in [1.54, 1.807) is 0 Å². The van der Waals surface area contributed by atoms with Crippen LogP contribution in [-0.4, -0.2) is 5.60 Å². The maximum atomic E-state index is 5.83. The molecule has 1 aliphatic heterocycles. The fourth-order valence-electron chi connectivity index (χ4n) is 2.12. The van der Waals surface area contributed by atoms with Gasteiger partial charge in [-0.15, -0.1) is 0 Å². The van der Waals surface area contributed by atoms with Crippen molar-refractivity contribution in [2.24, 2.45) is 0 Å². The molecule has 0 aliphatic carbocycles. The van der Waals surface area contributed by atoms with Gasteiger partial charge in [-0.2, -0.15) is 0 Å². The van der Waals surface area contributed by atoms with Crippen LogP contribution < -0.4 is 4.74 Å².